The summed E-state index contributed by atoms with van der Waals surface area (Å²) < 4.78 is 12.3. The van der Waals surface area contributed by atoms with Crippen molar-refractivity contribution in [1.29, 1.82) is 0 Å². The average molecular weight is 340 g/mol. The summed E-state index contributed by atoms with van der Waals surface area (Å²) in [5.74, 6) is 2.36. The zero-order valence-corrected chi connectivity index (χ0v) is 13.3. The molecule has 0 spiro atoms. The molecule has 0 unspecified atom stereocenters. The summed E-state index contributed by atoms with van der Waals surface area (Å²) in [6.45, 7) is 0.474. The topological polar surface area (TPSA) is 95.7 Å². The van der Waals surface area contributed by atoms with E-state index in [0.717, 1.165) is 11.3 Å². The quantitative estimate of drug-likeness (QED) is 0.494. The van der Waals surface area contributed by atoms with Gasteiger partial charge in [0.1, 0.15) is 12.3 Å². The van der Waals surface area contributed by atoms with Gasteiger partial charge in [-0.1, -0.05) is 47.3 Å². The first-order chi connectivity index (χ1) is 11.9. The fourth-order valence-electron chi connectivity index (χ4n) is 2.09. The molecule has 0 bridgehead atoms. The predicted molar refractivity (Wildman–Crippen MR) is 84.9 cm³/mol. The van der Waals surface area contributed by atoms with Gasteiger partial charge < -0.3 is 8.94 Å². The first kappa shape index (κ1) is 14.6. The van der Waals surface area contributed by atoms with Crippen LogP contribution >= 0.6 is 11.8 Å². The monoisotopic (exact) mass is 340 g/mol. The van der Waals surface area contributed by atoms with Gasteiger partial charge in [0, 0.05) is 5.56 Å². The fraction of sp³-hybridized carbons (Fsp3) is 0.133. The van der Waals surface area contributed by atoms with Crippen molar-refractivity contribution in [2.75, 3.05) is 0 Å². The van der Waals surface area contributed by atoms with Crippen LogP contribution in [0.25, 0.3) is 11.4 Å². The Balaban J connectivity index is 1.43. The molecule has 0 N–H and O–H groups in total. The van der Waals surface area contributed by atoms with Crippen LogP contribution in [0.2, 0.25) is 0 Å². The Kier molecular flexibility index (Phi) is 4.07. The van der Waals surface area contributed by atoms with Crippen LogP contribution in [0.1, 0.15) is 11.7 Å². The second-order valence-corrected chi connectivity index (χ2v) is 5.81. The van der Waals surface area contributed by atoms with Crippen LogP contribution in [0.4, 0.5) is 0 Å². The molecule has 0 fully saturated rings. The van der Waals surface area contributed by atoms with Crippen LogP contribution in [0, 0.1) is 0 Å². The number of nitrogens with zero attached hydrogens (tertiary/aromatic N) is 6. The first-order valence-electron chi connectivity index (χ1n) is 7.18. The van der Waals surface area contributed by atoms with E-state index in [4.69, 9.17) is 8.94 Å². The maximum atomic E-state index is 5.31. The predicted octanol–water partition coefficient (Wildman–Crippen LogP) is 2.66. The Morgan fingerprint density at radius 1 is 1.08 bits per heavy atom. The molecule has 3 aromatic heterocycles. The van der Waals surface area contributed by atoms with Crippen molar-refractivity contribution >= 4 is 11.8 Å². The molecule has 0 atom stereocenters. The number of thioether (sulfide) groups is 1. The minimum atomic E-state index is 0.474. The lowest BCUT2D eigenvalue weighted by molar-refractivity contribution is 0.391. The number of aromatic nitrogens is 6. The lowest BCUT2D eigenvalue weighted by Gasteiger charge is -2.00. The highest BCUT2D eigenvalue weighted by atomic mass is 32.2. The highest BCUT2D eigenvalue weighted by Crippen LogP contribution is 2.22. The van der Waals surface area contributed by atoms with E-state index in [1.807, 2.05) is 42.5 Å². The van der Waals surface area contributed by atoms with Crippen molar-refractivity contribution < 1.29 is 8.94 Å². The van der Waals surface area contributed by atoms with Gasteiger partial charge in [-0.2, -0.15) is 4.98 Å². The van der Waals surface area contributed by atoms with Crippen LogP contribution in [0.3, 0.4) is 0 Å². The number of furan rings is 1. The number of rotatable bonds is 6. The number of benzene rings is 1. The van der Waals surface area contributed by atoms with Gasteiger partial charge in [0.2, 0.25) is 16.9 Å². The average Bonchev–Trinajstić information content (AvgIpc) is 3.37. The van der Waals surface area contributed by atoms with Crippen molar-refractivity contribution in [2.24, 2.45) is 0 Å². The number of hydrogen-bond donors (Lipinski definition) is 0. The van der Waals surface area contributed by atoms with Gasteiger partial charge in [-0.25, -0.2) is 4.68 Å². The standard InChI is InChI=1S/C15H12N6O2S/c1-2-5-11(6-3-1)14-16-13(23-18-14)10-24-15-17-19-20-21(15)9-12-7-4-8-22-12/h1-8H,9-10H2. The Morgan fingerprint density at radius 2 is 2.00 bits per heavy atom. The van der Waals surface area contributed by atoms with E-state index in [2.05, 4.69) is 25.7 Å². The van der Waals surface area contributed by atoms with Crippen molar-refractivity contribution in [3.8, 4) is 11.4 Å². The van der Waals surface area contributed by atoms with Crippen molar-refractivity contribution in [3.63, 3.8) is 0 Å². The molecule has 8 nitrogen and oxygen atoms in total. The smallest absolute Gasteiger partial charge is 0.237 e. The molecule has 4 rings (SSSR count). The van der Waals surface area contributed by atoms with Crippen LogP contribution < -0.4 is 0 Å². The van der Waals surface area contributed by atoms with Gasteiger partial charge in [-0.15, -0.1) is 5.10 Å². The van der Waals surface area contributed by atoms with Gasteiger partial charge in [-0.05, 0) is 22.6 Å². The van der Waals surface area contributed by atoms with E-state index in [9.17, 15) is 0 Å². The lowest BCUT2D eigenvalue weighted by atomic mass is 10.2. The lowest BCUT2D eigenvalue weighted by Crippen LogP contribution is -2.03. The summed E-state index contributed by atoms with van der Waals surface area (Å²) in [5.41, 5.74) is 0.917. The largest absolute Gasteiger partial charge is 0.467 e. The van der Waals surface area contributed by atoms with Crippen LogP contribution in [-0.2, 0) is 12.3 Å². The van der Waals surface area contributed by atoms with E-state index >= 15 is 0 Å². The first-order valence-corrected chi connectivity index (χ1v) is 8.16. The van der Waals surface area contributed by atoms with Crippen LogP contribution in [0.5, 0.6) is 0 Å². The van der Waals surface area contributed by atoms with Gasteiger partial charge in [0.05, 0.1) is 12.0 Å². The third-order valence-corrected chi connectivity index (χ3v) is 4.15. The molecular formula is C15H12N6O2S. The third kappa shape index (κ3) is 3.20. The molecule has 0 saturated carbocycles. The molecule has 120 valence electrons. The van der Waals surface area contributed by atoms with Crippen molar-refractivity contribution in [3.05, 3.63) is 60.4 Å². The van der Waals surface area contributed by atoms with Gasteiger partial charge in [-0.3, -0.25) is 0 Å². The third-order valence-electron chi connectivity index (χ3n) is 3.21. The molecule has 9 heteroatoms. The molecule has 0 radical (unpaired) electrons. The molecular weight excluding hydrogens is 328 g/mol. The molecule has 3 heterocycles. The van der Waals surface area contributed by atoms with E-state index in [1.54, 1.807) is 10.9 Å². The molecule has 0 saturated heterocycles. The zero-order chi connectivity index (χ0) is 16.2. The number of tetrazole rings is 1. The second kappa shape index (κ2) is 6.67. The molecule has 24 heavy (non-hydrogen) atoms. The molecule has 0 aliphatic rings. The summed E-state index contributed by atoms with van der Waals surface area (Å²) in [5, 5.41) is 16.3. The van der Waals surface area contributed by atoms with Crippen LogP contribution in [0.15, 0.2) is 62.8 Å². The Labute approximate surface area is 140 Å². The molecule has 4 aromatic rings. The molecule has 0 aliphatic carbocycles. The summed E-state index contributed by atoms with van der Waals surface area (Å²) in [7, 11) is 0. The Morgan fingerprint density at radius 3 is 2.83 bits per heavy atom. The zero-order valence-electron chi connectivity index (χ0n) is 12.4. The van der Waals surface area contributed by atoms with Crippen LogP contribution in [-0.4, -0.2) is 30.3 Å². The van der Waals surface area contributed by atoms with E-state index in [1.165, 1.54) is 11.8 Å². The summed E-state index contributed by atoms with van der Waals surface area (Å²) in [4.78, 5) is 4.39. The molecule has 0 aliphatic heterocycles. The second-order valence-electron chi connectivity index (χ2n) is 4.86. The van der Waals surface area contributed by atoms with Gasteiger partial charge >= 0.3 is 0 Å². The van der Waals surface area contributed by atoms with Crippen molar-refractivity contribution in [1.82, 2.24) is 30.3 Å². The summed E-state index contributed by atoms with van der Waals surface area (Å²) in [6, 6.07) is 13.4. The maximum absolute atomic E-state index is 5.31. The Hall–Kier alpha value is -2.94. The van der Waals surface area contributed by atoms with E-state index in [-0.39, 0.29) is 0 Å². The summed E-state index contributed by atoms with van der Waals surface area (Å²) in [6.07, 6.45) is 1.62. The van der Waals surface area contributed by atoms with Crippen molar-refractivity contribution in [2.45, 2.75) is 17.5 Å². The maximum Gasteiger partial charge on any atom is 0.237 e. The van der Waals surface area contributed by atoms with E-state index < -0.39 is 0 Å². The highest BCUT2D eigenvalue weighted by Gasteiger charge is 2.13. The van der Waals surface area contributed by atoms with Gasteiger partial charge in [0.15, 0.2) is 0 Å². The van der Waals surface area contributed by atoms with Gasteiger partial charge in [0.25, 0.3) is 0 Å². The molecule has 1 aromatic carbocycles. The normalized spacial score (nSPS) is 11.0. The minimum absolute atomic E-state index is 0.474. The highest BCUT2D eigenvalue weighted by molar-refractivity contribution is 7.98. The molecule has 0 amide bonds. The SMILES string of the molecule is c1ccc(-c2noc(CSc3nnnn3Cc3ccco3)n2)cc1. The fourth-order valence-corrected chi connectivity index (χ4v) is 2.81. The minimum Gasteiger partial charge on any atom is -0.467 e. The summed E-state index contributed by atoms with van der Waals surface area (Å²) >= 11 is 1.43. The number of hydrogen-bond acceptors (Lipinski definition) is 8. The van der Waals surface area contributed by atoms with E-state index in [0.29, 0.717) is 29.2 Å². The Bertz CT molecular complexity index is 903.